The number of likely N-dealkylation sites (tertiary alicyclic amines) is 1. The van der Waals surface area contributed by atoms with Crippen molar-refractivity contribution in [2.45, 2.75) is 32.0 Å². The molecular formula is C28H29N3O. The van der Waals surface area contributed by atoms with Crippen LogP contribution in [-0.4, -0.2) is 28.8 Å². The lowest BCUT2D eigenvalue weighted by molar-refractivity contribution is 0.0943. The minimum Gasteiger partial charge on any atom is -0.360 e. The number of nitrogens with one attached hydrogen (secondary N) is 2. The molecule has 1 aliphatic rings. The number of nitrogens with zero attached hydrogens (tertiary/aromatic N) is 1. The molecule has 1 saturated heterocycles. The van der Waals surface area contributed by atoms with Crippen LogP contribution in [0, 0.1) is 0 Å². The van der Waals surface area contributed by atoms with Gasteiger partial charge in [0.2, 0.25) is 0 Å². The first-order valence-electron chi connectivity index (χ1n) is 11.5. The molecule has 1 aromatic heterocycles. The predicted octanol–water partition coefficient (Wildman–Crippen LogP) is 5.48. The average molecular weight is 424 g/mol. The number of rotatable bonds is 8. The Morgan fingerprint density at radius 1 is 0.875 bits per heavy atom. The number of H-pyrrole nitrogens is 1. The van der Waals surface area contributed by atoms with Crippen LogP contribution in [0.5, 0.6) is 0 Å². The number of ketones is 1. The quantitative estimate of drug-likeness (QED) is 0.369. The maximum absolute atomic E-state index is 13.7. The van der Waals surface area contributed by atoms with Gasteiger partial charge in [-0.05, 0) is 48.7 Å². The molecule has 32 heavy (non-hydrogen) atoms. The van der Waals surface area contributed by atoms with Crippen LogP contribution in [0.25, 0.3) is 10.9 Å². The van der Waals surface area contributed by atoms with Gasteiger partial charge in [-0.3, -0.25) is 15.0 Å². The smallest absolute Gasteiger partial charge is 0.186 e. The number of carbonyl (C=O) groups excluding carboxylic acids is 1. The van der Waals surface area contributed by atoms with Crippen molar-refractivity contribution in [3.8, 4) is 0 Å². The first kappa shape index (κ1) is 20.7. The molecule has 1 atom stereocenters. The minimum absolute atomic E-state index is 0.0886. The third-order valence-electron chi connectivity index (χ3n) is 6.46. The molecule has 0 bridgehead atoms. The van der Waals surface area contributed by atoms with Crippen molar-refractivity contribution in [2.75, 3.05) is 13.1 Å². The van der Waals surface area contributed by atoms with E-state index in [4.69, 9.17) is 0 Å². The molecule has 162 valence electrons. The lowest BCUT2D eigenvalue weighted by Gasteiger charge is -2.21. The second-order valence-electron chi connectivity index (χ2n) is 8.59. The maximum atomic E-state index is 13.7. The van der Waals surface area contributed by atoms with Crippen molar-refractivity contribution in [2.24, 2.45) is 0 Å². The summed E-state index contributed by atoms with van der Waals surface area (Å²) in [6.45, 7) is 3.98. The molecule has 1 fully saturated rings. The Hall–Kier alpha value is -3.21. The normalized spacial score (nSPS) is 15.2. The van der Waals surface area contributed by atoms with Crippen molar-refractivity contribution in [3.63, 3.8) is 0 Å². The molecule has 2 heterocycles. The van der Waals surface area contributed by atoms with Gasteiger partial charge in [-0.15, -0.1) is 0 Å². The highest BCUT2D eigenvalue weighted by atomic mass is 16.1. The molecule has 0 spiro atoms. The van der Waals surface area contributed by atoms with E-state index in [1.165, 1.54) is 37.1 Å². The molecule has 4 aromatic rings. The van der Waals surface area contributed by atoms with Crippen LogP contribution in [0.4, 0.5) is 0 Å². The summed E-state index contributed by atoms with van der Waals surface area (Å²) >= 11 is 0. The van der Waals surface area contributed by atoms with Gasteiger partial charge < -0.3 is 4.98 Å². The Kier molecular flexibility index (Phi) is 6.15. The van der Waals surface area contributed by atoms with Crippen molar-refractivity contribution in [1.82, 2.24) is 15.2 Å². The SMILES string of the molecule is O=C(c1c[nH]c2ccccc12)[C@H](NCc1ccccc1CN1CCCC1)c1ccccc1. The average Bonchev–Trinajstić information content (AvgIpc) is 3.51. The predicted molar refractivity (Wildman–Crippen MR) is 130 cm³/mol. The van der Waals surface area contributed by atoms with E-state index < -0.39 is 6.04 Å². The zero-order chi connectivity index (χ0) is 21.8. The van der Waals surface area contributed by atoms with Gasteiger partial charge in [0, 0.05) is 35.8 Å². The number of hydrogen-bond donors (Lipinski definition) is 2. The highest BCUT2D eigenvalue weighted by Crippen LogP contribution is 2.25. The third-order valence-corrected chi connectivity index (χ3v) is 6.46. The van der Waals surface area contributed by atoms with Gasteiger partial charge in [0.1, 0.15) is 0 Å². The second-order valence-corrected chi connectivity index (χ2v) is 8.59. The highest BCUT2D eigenvalue weighted by Gasteiger charge is 2.24. The fourth-order valence-corrected chi connectivity index (χ4v) is 4.72. The van der Waals surface area contributed by atoms with E-state index in [1.54, 1.807) is 0 Å². The number of fused-ring (bicyclic) bond motifs is 1. The van der Waals surface area contributed by atoms with Gasteiger partial charge in [0.15, 0.2) is 5.78 Å². The summed E-state index contributed by atoms with van der Waals surface area (Å²) in [6.07, 6.45) is 4.41. The number of carbonyl (C=O) groups is 1. The topological polar surface area (TPSA) is 48.1 Å². The molecule has 5 rings (SSSR count). The molecule has 4 heteroatoms. The van der Waals surface area contributed by atoms with Gasteiger partial charge in [-0.25, -0.2) is 0 Å². The molecule has 0 amide bonds. The van der Waals surface area contributed by atoms with Crippen LogP contribution in [0.15, 0.2) is 85.1 Å². The molecular weight excluding hydrogens is 394 g/mol. The molecule has 4 nitrogen and oxygen atoms in total. The third kappa shape index (κ3) is 4.38. The van der Waals surface area contributed by atoms with Gasteiger partial charge in [-0.1, -0.05) is 72.8 Å². The van der Waals surface area contributed by atoms with E-state index in [2.05, 4.69) is 39.5 Å². The zero-order valence-corrected chi connectivity index (χ0v) is 18.3. The van der Waals surface area contributed by atoms with E-state index in [9.17, 15) is 4.79 Å². The molecule has 2 N–H and O–H groups in total. The lowest BCUT2D eigenvalue weighted by Crippen LogP contribution is -2.29. The number of aromatic amines is 1. The molecule has 0 aliphatic carbocycles. The number of para-hydroxylation sites is 1. The van der Waals surface area contributed by atoms with Gasteiger partial charge >= 0.3 is 0 Å². The molecule has 0 unspecified atom stereocenters. The van der Waals surface area contributed by atoms with Crippen LogP contribution >= 0.6 is 0 Å². The largest absolute Gasteiger partial charge is 0.360 e. The Balaban J connectivity index is 1.41. The summed E-state index contributed by atoms with van der Waals surface area (Å²) in [5.41, 5.74) is 5.30. The summed E-state index contributed by atoms with van der Waals surface area (Å²) in [4.78, 5) is 19.5. The highest BCUT2D eigenvalue weighted by molar-refractivity contribution is 6.10. The van der Waals surface area contributed by atoms with Gasteiger partial charge in [0.25, 0.3) is 0 Å². The summed E-state index contributed by atoms with van der Waals surface area (Å²) in [5.74, 6) is 0.0886. The van der Waals surface area contributed by atoms with Crippen LogP contribution in [0.1, 0.15) is 45.9 Å². The first-order valence-corrected chi connectivity index (χ1v) is 11.5. The van der Waals surface area contributed by atoms with Crippen molar-refractivity contribution >= 4 is 16.7 Å². The lowest BCUT2D eigenvalue weighted by atomic mass is 9.96. The Labute approximate surface area is 189 Å². The second kappa shape index (κ2) is 9.51. The van der Waals surface area contributed by atoms with E-state index in [1.807, 2.05) is 60.8 Å². The Morgan fingerprint density at radius 3 is 2.38 bits per heavy atom. The fourth-order valence-electron chi connectivity index (χ4n) is 4.72. The van der Waals surface area contributed by atoms with Crippen LogP contribution in [0.3, 0.4) is 0 Å². The Bertz CT molecular complexity index is 1190. The van der Waals surface area contributed by atoms with Gasteiger partial charge in [0.05, 0.1) is 6.04 Å². The van der Waals surface area contributed by atoms with E-state index in [0.29, 0.717) is 6.54 Å². The van der Waals surface area contributed by atoms with Crippen LogP contribution in [-0.2, 0) is 13.1 Å². The molecule has 0 radical (unpaired) electrons. The summed E-state index contributed by atoms with van der Waals surface area (Å²) in [7, 11) is 0. The number of aromatic nitrogens is 1. The van der Waals surface area contributed by atoms with E-state index >= 15 is 0 Å². The molecule has 1 aliphatic heterocycles. The van der Waals surface area contributed by atoms with E-state index in [-0.39, 0.29) is 5.78 Å². The summed E-state index contributed by atoms with van der Waals surface area (Å²) in [6, 6.07) is 26.2. The van der Waals surface area contributed by atoms with Gasteiger partial charge in [-0.2, -0.15) is 0 Å². The van der Waals surface area contributed by atoms with Crippen LogP contribution < -0.4 is 5.32 Å². The number of Topliss-reactive ketones (excluding diaryl/α,β-unsaturated/α-hetero) is 1. The fraction of sp³-hybridized carbons (Fsp3) is 0.250. The number of benzene rings is 3. The molecule has 0 saturated carbocycles. The maximum Gasteiger partial charge on any atom is 0.186 e. The monoisotopic (exact) mass is 423 g/mol. The first-order chi connectivity index (χ1) is 15.8. The van der Waals surface area contributed by atoms with E-state index in [0.717, 1.165) is 28.6 Å². The van der Waals surface area contributed by atoms with Crippen LogP contribution in [0.2, 0.25) is 0 Å². The van der Waals surface area contributed by atoms with Crippen molar-refractivity contribution in [3.05, 3.63) is 107 Å². The minimum atomic E-state index is -0.407. The summed E-state index contributed by atoms with van der Waals surface area (Å²) in [5, 5.41) is 4.56. The zero-order valence-electron chi connectivity index (χ0n) is 18.3. The van der Waals surface area contributed by atoms with Crippen molar-refractivity contribution < 1.29 is 4.79 Å². The summed E-state index contributed by atoms with van der Waals surface area (Å²) < 4.78 is 0. The standard InChI is InChI=1S/C28H29N3O/c32-28(25-19-29-26-15-7-6-14-24(25)26)27(21-10-2-1-3-11-21)30-18-22-12-4-5-13-23(22)20-31-16-8-9-17-31/h1-7,10-15,19,27,29-30H,8-9,16-18,20H2/t27-/m1/s1. The Morgan fingerprint density at radius 2 is 1.56 bits per heavy atom. The molecule has 3 aromatic carbocycles. The number of hydrogen-bond acceptors (Lipinski definition) is 3. The van der Waals surface area contributed by atoms with Crippen molar-refractivity contribution in [1.29, 1.82) is 0 Å².